The Hall–Kier alpha value is -2.68. The lowest BCUT2D eigenvalue weighted by Crippen LogP contribution is -2.21. The van der Waals surface area contributed by atoms with Gasteiger partial charge in [-0.2, -0.15) is 0 Å². The maximum atomic E-state index is 15.3. The number of H-pyrrole nitrogens is 1. The van der Waals surface area contributed by atoms with Gasteiger partial charge in [0, 0.05) is 5.92 Å². The van der Waals surface area contributed by atoms with Crippen molar-refractivity contribution in [3.63, 3.8) is 0 Å². The number of nitrogens with one attached hydrogen (secondary N) is 2. The van der Waals surface area contributed by atoms with E-state index < -0.39 is 6.43 Å². The van der Waals surface area contributed by atoms with Gasteiger partial charge in [0.2, 0.25) is 0 Å². The van der Waals surface area contributed by atoms with Crippen molar-refractivity contribution in [3.05, 3.63) is 53.6 Å². The van der Waals surface area contributed by atoms with Crippen LogP contribution < -0.4 is 5.32 Å². The van der Waals surface area contributed by atoms with Crippen LogP contribution in [0.25, 0.3) is 11.0 Å². The summed E-state index contributed by atoms with van der Waals surface area (Å²) < 4.78 is 46.2. The third-order valence-electron chi connectivity index (χ3n) is 6.21. The lowest BCUT2D eigenvalue weighted by atomic mass is 9.97. The van der Waals surface area contributed by atoms with Gasteiger partial charge in [0.05, 0.1) is 24.8 Å². The molecule has 163 valence electrons. The molecular weight excluding hydrogens is 407 g/mol. The van der Waals surface area contributed by atoms with Gasteiger partial charge in [-0.3, -0.25) is 0 Å². The average Bonchev–Trinajstić information content (AvgIpc) is 3.54. The Kier molecular flexibility index (Phi) is 5.52. The normalized spacial score (nSPS) is 20.7. The van der Waals surface area contributed by atoms with Crippen molar-refractivity contribution in [3.8, 4) is 0 Å². The van der Waals surface area contributed by atoms with E-state index >= 15 is 4.39 Å². The van der Waals surface area contributed by atoms with Crippen LogP contribution in [-0.2, 0) is 4.74 Å². The monoisotopic (exact) mass is 430 g/mol. The summed E-state index contributed by atoms with van der Waals surface area (Å²) in [4.78, 5) is 7.87. The highest BCUT2D eigenvalue weighted by Gasteiger charge is 2.30. The summed E-state index contributed by atoms with van der Waals surface area (Å²) in [5.41, 5.74) is 1.15. The summed E-state index contributed by atoms with van der Waals surface area (Å²) in [6, 6.07) is 6.14. The summed E-state index contributed by atoms with van der Waals surface area (Å²) in [5.74, 6) is 0.871. The molecule has 1 saturated carbocycles. The molecule has 1 aliphatic carbocycles. The number of ether oxygens (including phenoxy) is 1. The summed E-state index contributed by atoms with van der Waals surface area (Å²) in [5, 5.41) is 10.8. The zero-order chi connectivity index (χ0) is 21.4. The van der Waals surface area contributed by atoms with Crippen LogP contribution in [0.2, 0.25) is 0 Å². The molecule has 2 N–H and O–H groups in total. The molecule has 1 unspecified atom stereocenters. The molecule has 0 spiro atoms. The van der Waals surface area contributed by atoms with Gasteiger partial charge in [-0.15, -0.1) is 10.2 Å². The van der Waals surface area contributed by atoms with E-state index in [2.05, 4.69) is 25.5 Å². The Morgan fingerprint density at radius 2 is 1.94 bits per heavy atom. The smallest absolute Gasteiger partial charge is 0.282 e. The first-order chi connectivity index (χ1) is 15.1. The number of aromatic nitrogens is 4. The van der Waals surface area contributed by atoms with Crippen molar-refractivity contribution in [2.75, 3.05) is 18.5 Å². The number of hydrogen-bond donors (Lipinski definition) is 2. The highest BCUT2D eigenvalue weighted by Crippen LogP contribution is 2.38. The van der Waals surface area contributed by atoms with Crippen molar-refractivity contribution in [2.24, 2.45) is 5.92 Å². The molecule has 2 aliphatic rings. The number of hydrogen-bond acceptors (Lipinski definition) is 5. The standard InChI is InChI=1S/C22H23F3N5O/c23-18-14(13-9-10-31-11-13)5-6-15-20(18)28-22(26-15)19(12-3-1-2-4-12)27-17-8-7-16(21(24)25)29-30-17/h5-9,12-13,19,21H,1-4,10-11H2,(H,26,28)(H,27,30)/t13?,19-/m0/s1. The van der Waals surface area contributed by atoms with Crippen LogP contribution >= 0.6 is 0 Å². The molecule has 3 heterocycles. The highest BCUT2D eigenvalue weighted by molar-refractivity contribution is 5.77. The molecule has 6 nitrogen and oxygen atoms in total. The Labute approximate surface area is 177 Å². The first kappa shape index (κ1) is 20.2. The lowest BCUT2D eigenvalue weighted by molar-refractivity contribution is 0.145. The molecule has 3 aromatic rings. The van der Waals surface area contributed by atoms with Crippen LogP contribution in [0.1, 0.15) is 61.2 Å². The third-order valence-corrected chi connectivity index (χ3v) is 6.21. The van der Waals surface area contributed by atoms with Crippen molar-refractivity contribution in [2.45, 2.75) is 44.1 Å². The zero-order valence-corrected chi connectivity index (χ0v) is 16.8. The van der Waals surface area contributed by atoms with Crippen LogP contribution in [0.3, 0.4) is 0 Å². The fraction of sp³-hybridized carbons (Fsp3) is 0.455. The summed E-state index contributed by atoms with van der Waals surface area (Å²) in [6.45, 7) is 0.992. The number of nitrogens with zero attached hydrogens (tertiary/aromatic N) is 3. The number of anilines is 1. The third kappa shape index (κ3) is 3.98. The molecule has 1 aromatic carbocycles. The topological polar surface area (TPSA) is 75.7 Å². The summed E-state index contributed by atoms with van der Waals surface area (Å²) in [6.07, 6.45) is 3.51. The Morgan fingerprint density at radius 3 is 2.61 bits per heavy atom. The fourth-order valence-corrected chi connectivity index (χ4v) is 4.57. The number of aromatic amines is 1. The van der Waals surface area contributed by atoms with E-state index in [0.717, 1.165) is 25.7 Å². The molecule has 31 heavy (non-hydrogen) atoms. The number of alkyl halides is 2. The second-order valence-corrected chi connectivity index (χ2v) is 8.18. The molecule has 9 heteroatoms. The molecule has 2 atom stereocenters. The van der Waals surface area contributed by atoms with Crippen LogP contribution in [0, 0.1) is 18.2 Å². The number of imidazole rings is 1. The Morgan fingerprint density at radius 1 is 1.10 bits per heavy atom. The zero-order valence-electron chi connectivity index (χ0n) is 16.8. The minimum absolute atomic E-state index is 0.0723. The molecule has 0 bridgehead atoms. The lowest BCUT2D eigenvalue weighted by Gasteiger charge is -2.23. The predicted molar refractivity (Wildman–Crippen MR) is 109 cm³/mol. The Balaban J connectivity index is 1.47. The predicted octanol–water partition coefficient (Wildman–Crippen LogP) is 5.09. The quantitative estimate of drug-likeness (QED) is 0.570. The van der Waals surface area contributed by atoms with Crippen molar-refractivity contribution < 1.29 is 17.9 Å². The second kappa shape index (κ2) is 8.45. The first-order valence-electron chi connectivity index (χ1n) is 10.6. The van der Waals surface area contributed by atoms with E-state index in [-0.39, 0.29) is 29.4 Å². The SMILES string of the molecule is Fc1c(C2[CH]COC2)ccc2[nH]c([C@@H](Nc3ccc(C(F)F)nn3)C3CCCC3)nc12. The van der Waals surface area contributed by atoms with E-state index in [1.807, 2.05) is 12.5 Å². The minimum atomic E-state index is -2.66. The number of halogens is 3. The molecule has 2 aromatic heterocycles. The van der Waals surface area contributed by atoms with Crippen LogP contribution in [0.4, 0.5) is 19.0 Å². The molecule has 1 saturated heterocycles. The van der Waals surface area contributed by atoms with Crippen LogP contribution in [0.5, 0.6) is 0 Å². The van der Waals surface area contributed by atoms with E-state index in [4.69, 9.17) is 4.74 Å². The number of benzene rings is 1. The van der Waals surface area contributed by atoms with Crippen molar-refractivity contribution in [1.82, 2.24) is 20.2 Å². The van der Waals surface area contributed by atoms with Gasteiger partial charge in [-0.25, -0.2) is 18.2 Å². The Bertz CT molecular complexity index is 1040. The molecule has 1 radical (unpaired) electrons. The molecule has 0 amide bonds. The van der Waals surface area contributed by atoms with E-state index in [1.165, 1.54) is 12.1 Å². The summed E-state index contributed by atoms with van der Waals surface area (Å²) in [7, 11) is 0. The maximum absolute atomic E-state index is 15.3. The largest absolute Gasteiger partial charge is 0.380 e. The van der Waals surface area contributed by atoms with Crippen LogP contribution in [-0.4, -0.2) is 33.4 Å². The van der Waals surface area contributed by atoms with Gasteiger partial charge in [-0.1, -0.05) is 18.9 Å². The second-order valence-electron chi connectivity index (χ2n) is 8.18. The van der Waals surface area contributed by atoms with Crippen molar-refractivity contribution in [1.29, 1.82) is 0 Å². The van der Waals surface area contributed by atoms with E-state index in [0.29, 0.717) is 41.5 Å². The molecule has 1 aliphatic heterocycles. The van der Waals surface area contributed by atoms with Gasteiger partial charge < -0.3 is 15.0 Å². The first-order valence-corrected chi connectivity index (χ1v) is 10.6. The minimum Gasteiger partial charge on any atom is -0.380 e. The average molecular weight is 430 g/mol. The number of fused-ring (bicyclic) bond motifs is 1. The van der Waals surface area contributed by atoms with E-state index in [9.17, 15) is 8.78 Å². The maximum Gasteiger partial charge on any atom is 0.282 e. The van der Waals surface area contributed by atoms with E-state index in [1.54, 1.807) is 6.07 Å². The van der Waals surface area contributed by atoms with Gasteiger partial charge in [0.1, 0.15) is 22.9 Å². The molecular formula is C22H23F3N5O. The van der Waals surface area contributed by atoms with Gasteiger partial charge >= 0.3 is 0 Å². The van der Waals surface area contributed by atoms with Gasteiger partial charge in [0.15, 0.2) is 5.82 Å². The number of rotatable bonds is 6. The van der Waals surface area contributed by atoms with Gasteiger partial charge in [-0.05, 0) is 48.9 Å². The fourth-order valence-electron chi connectivity index (χ4n) is 4.57. The molecule has 2 fully saturated rings. The molecule has 5 rings (SSSR count). The highest BCUT2D eigenvalue weighted by atomic mass is 19.3. The van der Waals surface area contributed by atoms with Crippen LogP contribution in [0.15, 0.2) is 24.3 Å². The van der Waals surface area contributed by atoms with Crippen molar-refractivity contribution >= 4 is 16.9 Å². The van der Waals surface area contributed by atoms with Gasteiger partial charge in [0.25, 0.3) is 6.43 Å². The summed E-state index contributed by atoms with van der Waals surface area (Å²) >= 11 is 0.